The number of nitrogens with zero attached hydrogens (tertiary/aromatic N) is 2. The van der Waals surface area contributed by atoms with Crippen molar-refractivity contribution in [3.05, 3.63) is 71.3 Å². The third-order valence-electron chi connectivity index (χ3n) is 7.45. The quantitative estimate of drug-likeness (QED) is 0.298. The van der Waals surface area contributed by atoms with E-state index >= 15 is 0 Å². The summed E-state index contributed by atoms with van der Waals surface area (Å²) in [6, 6.07) is 14.2. The van der Waals surface area contributed by atoms with E-state index in [0.717, 1.165) is 11.1 Å². The maximum atomic E-state index is 13.7. The summed E-state index contributed by atoms with van der Waals surface area (Å²) in [6.07, 6.45) is 1.60. The zero-order valence-corrected chi connectivity index (χ0v) is 26.1. The molecular weight excluding hydrogens is 568 g/mol. The standard InChI is InChI=1S/C33H38N2O9/c1-38-25-10-8-21(16-27(25)40-3)24(22-9-11-26(39-2)28(17-22)41-4)20-31(36)34-12-14-35(15-13-34)33(37)23-18-29(42-5)32(44-7)30(19-23)43-6/h8-11,16-20H,12-15H2,1-7H3. The number of carbonyl (C=O) groups excluding carboxylic acids is 2. The molecule has 0 aliphatic carbocycles. The fraction of sp³-hybridized carbons (Fsp3) is 0.333. The number of rotatable bonds is 11. The van der Waals surface area contributed by atoms with E-state index in [1.165, 1.54) is 21.3 Å². The number of benzene rings is 3. The molecule has 0 N–H and O–H groups in total. The van der Waals surface area contributed by atoms with Crippen molar-refractivity contribution in [2.24, 2.45) is 0 Å². The molecule has 0 atom stereocenters. The van der Waals surface area contributed by atoms with Crippen LogP contribution in [0.4, 0.5) is 0 Å². The Bertz CT molecular complexity index is 1450. The Morgan fingerprint density at radius 3 is 1.34 bits per heavy atom. The highest BCUT2D eigenvalue weighted by Gasteiger charge is 2.27. The second-order valence-corrected chi connectivity index (χ2v) is 9.73. The molecule has 44 heavy (non-hydrogen) atoms. The summed E-state index contributed by atoms with van der Waals surface area (Å²) in [5, 5.41) is 0. The topological polar surface area (TPSA) is 105 Å². The first-order valence-electron chi connectivity index (χ1n) is 13.9. The van der Waals surface area contributed by atoms with Gasteiger partial charge in [-0.15, -0.1) is 0 Å². The van der Waals surface area contributed by atoms with E-state index in [1.54, 1.807) is 68.6 Å². The number of amides is 2. The Kier molecular flexibility index (Phi) is 10.4. The number of carbonyl (C=O) groups is 2. The molecule has 0 bridgehead atoms. The minimum absolute atomic E-state index is 0.190. The summed E-state index contributed by atoms with van der Waals surface area (Å²) in [5.74, 6) is 3.02. The molecule has 11 heteroatoms. The smallest absolute Gasteiger partial charge is 0.254 e. The summed E-state index contributed by atoms with van der Waals surface area (Å²) < 4.78 is 38.1. The van der Waals surface area contributed by atoms with Crippen molar-refractivity contribution < 1.29 is 42.7 Å². The molecule has 2 amide bonds. The molecule has 234 valence electrons. The lowest BCUT2D eigenvalue weighted by molar-refractivity contribution is -0.127. The Hall–Kier alpha value is -5.06. The van der Waals surface area contributed by atoms with Crippen LogP contribution in [0.2, 0.25) is 0 Å². The predicted molar refractivity (Wildman–Crippen MR) is 165 cm³/mol. The van der Waals surface area contributed by atoms with E-state index in [9.17, 15) is 9.59 Å². The zero-order valence-electron chi connectivity index (χ0n) is 26.1. The van der Waals surface area contributed by atoms with Crippen LogP contribution in [0.25, 0.3) is 5.57 Å². The van der Waals surface area contributed by atoms with Gasteiger partial charge >= 0.3 is 0 Å². The molecule has 0 unspecified atom stereocenters. The number of hydrogen-bond donors (Lipinski definition) is 0. The van der Waals surface area contributed by atoms with E-state index in [0.29, 0.717) is 77.6 Å². The number of piperazine rings is 1. The summed E-state index contributed by atoms with van der Waals surface area (Å²) in [6.45, 7) is 1.43. The van der Waals surface area contributed by atoms with Crippen molar-refractivity contribution in [1.29, 1.82) is 0 Å². The molecule has 11 nitrogen and oxygen atoms in total. The molecule has 1 saturated heterocycles. The Labute approximate surface area is 257 Å². The van der Waals surface area contributed by atoms with Crippen LogP contribution in [-0.4, -0.2) is 97.6 Å². The van der Waals surface area contributed by atoms with Crippen molar-refractivity contribution in [1.82, 2.24) is 9.80 Å². The van der Waals surface area contributed by atoms with Gasteiger partial charge in [0.2, 0.25) is 11.7 Å². The van der Waals surface area contributed by atoms with Crippen molar-refractivity contribution in [2.45, 2.75) is 0 Å². The largest absolute Gasteiger partial charge is 0.493 e. The minimum Gasteiger partial charge on any atom is -0.493 e. The average Bonchev–Trinajstić information content (AvgIpc) is 3.08. The minimum atomic E-state index is -0.191. The molecule has 1 heterocycles. The molecule has 1 aliphatic heterocycles. The lowest BCUT2D eigenvalue weighted by atomic mass is 9.96. The first kappa shape index (κ1) is 31.9. The van der Waals surface area contributed by atoms with Crippen molar-refractivity contribution in [2.75, 3.05) is 75.9 Å². The second-order valence-electron chi connectivity index (χ2n) is 9.73. The number of hydrogen-bond acceptors (Lipinski definition) is 9. The van der Waals surface area contributed by atoms with Gasteiger partial charge in [0.1, 0.15) is 0 Å². The lowest BCUT2D eigenvalue weighted by Crippen LogP contribution is -2.50. The summed E-state index contributed by atoms with van der Waals surface area (Å²) in [7, 11) is 10.8. The summed E-state index contributed by atoms with van der Waals surface area (Å²) >= 11 is 0. The Morgan fingerprint density at radius 2 is 0.932 bits per heavy atom. The normalized spacial score (nSPS) is 12.6. The van der Waals surface area contributed by atoms with Gasteiger partial charge in [-0.25, -0.2) is 0 Å². The van der Waals surface area contributed by atoms with Crippen molar-refractivity contribution >= 4 is 17.4 Å². The monoisotopic (exact) mass is 606 g/mol. The van der Waals surface area contributed by atoms with E-state index in [4.69, 9.17) is 33.2 Å². The maximum absolute atomic E-state index is 13.7. The Morgan fingerprint density at radius 1 is 0.523 bits per heavy atom. The zero-order chi connectivity index (χ0) is 31.8. The molecule has 0 spiro atoms. The molecule has 3 aromatic carbocycles. The van der Waals surface area contributed by atoms with E-state index < -0.39 is 0 Å². The molecule has 1 aliphatic rings. The van der Waals surface area contributed by atoms with Crippen LogP contribution in [0.1, 0.15) is 21.5 Å². The lowest BCUT2D eigenvalue weighted by Gasteiger charge is -2.34. The number of methoxy groups -OCH3 is 7. The molecule has 1 fully saturated rings. The highest BCUT2D eigenvalue weighted by atomic mass is 16.5. The van der Waals surface area contributed by atoms with Crippen LogP contribution in [0.3, 0.4) is 0 Å². The molecular formula is C33H38N2O9. The fourth-order valence-corrected chi connectivity index (χ4v) is 5.07. The predicted octanol–water partition coefficient (Wildman–Crippen LogP) is 4.16. The van der Waals surface area contributed by atoms with Crippen LogP contribution >= 0.6 is 0 Å². The molecule has 0 aromatic heterocycles. The second kappa shape index (κ2) is 14.4. The highest BCUT2D eigenvalue weighted by Crippen LogP contribution is 2.39. The van der Waals surface area contributed by atoms with Gasteiger partial charge in [0, 0.05) is 37.8 Å². The van der Waals surface area contributed by atoms with Crippen LogP contribution < -0.4 is 33.2 Å². The first-order chi connectivity index (χ1) is 21.3. The van der Waals surface area contributed by atoms with Gasteiger partial charge in [0.05, 0.1) is 49.8 Å². The van der Waals surface area contributed by atoms with Gasteiger partial charge in [-0.05, 0) is 53.1 Å². The molecule has 4 rings (SSSR count). The first-order valence-corrected chi connectivity index (χ1v) is 13.9. The third-order valence-corrected chi connectivity index (χ3v) is 7.45. The van der Waals surface area contributed by atoms with Gasteiger partial charge in [-0.1, -0.05) is 12.1 Å². The van der Waals surface area contributed by atoms with Gasteiger partial charge in [-0.3, -0.25) is 9.59 Å². The SMILES string of the molecule is COc1ccc(C(=CC(=O)N2CCN(C(=O)c3cc(OC)c(OC)c(OC)c3)CC2)c2ccc(OC)c(OC)c2)cc1OC. The summed E-state index contributed by atoms with van der Waals surface area (Å²) in [4.78, 5) is 30.5. The molecule has 0 saturated carbocycles. The van der Waals surface area contributed by atoms with Gasteiger partial charge in [0.25, 0.3) is 5.91 Å². The van der Waals surface area contributed by atoms with E-state index in [-0.39, 0.29) is 11.8 Å². The van der Waals surface area contributed by atoms with E-state index in [1.807, 2.05) is 24.3 Å². The fourth-order valence-electron chi connectivity index (χ4n) is 5.07. The van der Waals surface area contributed by atoms with Crippen LogP contribution in [0.5, 0.6) is 40.2 Å². The average molecular weight is 607 g/mol. The molecule has 3 aromatic rings. The van der Waals surface area contributed by atoms with Crippen molar-refractivity contribution in [3.63, 3.8) is 0 Å². The third kappa shape index (κ3) is 6.61. The summed E-state index contributed by atoms with van der Waals surface area (Å²) in [5.41, 5.74) is 2.56. The maximum Gasteiger partial charge on any atom is 0.254 e. The Balaban J connectivity index is 1.60. The van der Waals surface area contributed by atoms with Crippen LogP contribution in [-0.2, 0) is 4.79 Å². The van der Waals surface area contributed by atoms with Gasteiger partial charge < -0.3 is 43.0 Å². The molecule has 0 radical (unpaired) electrons. The van der Waals surface area contributed by atoms with Gasteiger partial charge in [0.15, 0.2) is 34.5 Å². The van der Waals surface area contributed by atoms with Crippen LogP contribution in [0.15, 0.2) is 54.6 Å². The number of ether oxygens (including phenoxy) is 7. The van der Waals surface area contributed by atoms with E-state index in [2.05, 4.69) is 0 Å². The highest BCUT2D eigenvalue weighted by molar-refractivity contribution is 6.00. The van der Waals surface area contributed by atoms with Gasteiger partial charge in [-0.2, -0.15) is 0 Å². The van der Waals surface area contributed by atoms with Crippen LogP contribution in [0, 0.1) is 0 Å². The van der Waals surface area contributed by atoms with Crippen molar-refractivity contribution in [3.8, 4) is 40.2 Å².